The average Bonchev–Trinajstić information content (AvgIpc) is 2.50. The number of aliphatic carboxylic acids is 1. The Bertz CT molecular complexity index is 744. The molecule has 0 heterocycles. The monoisotopic (exact) mass is 328 g/mol. The average molecular weight is 328 g/mol. The van der Waals surface area contributed by atoms with Gasteiger partial charge in [0.25, 0.3) is 0 Å². The van der Waals surface area contributed by atoms with Crippen molar-refractivity contribution in [2.75, 3.05) is 0 Å². The van der Waals surface area contributed by atoms with Crippen LogP contribution in [0.2, 0.25) is 0 Å². The van der Waals surface area contributed by atoms with Crippen molar-refractivity contribution >= 4 is 22.8 Å². The quantitative estimate of drug-likeness (QED) is 0.801. The molecule has 2 aromatic carbocycles. The number of fused-ring (bicyclic) bond motifs is 1. The third kappa shape index (κ3) is 4.04. The maximum absolute atomic E-state index is 12.2. The first-order chi connectivity index (χ1) is 11.2. The molecule has 2 rings (SSSR count). The van der Waals surface area contributed by atoms with E-state index in [9.17, 15) is 14.7 Å². The van der Waals surface area contributed by atoms with Crippen molar-refractivity contribution < 1.29 is 14.7 Å². The fourth-order valence-corrected chi connectivity index (χ4v) is 2.72. The summed E-state index contributed by atoms with van der Waals surface area (Å²) in [6.07, 6.45) is 0. The summed E-state index contributed by atoms with van der Waals surface area (Å²) in [4.78, 5) is 23.6. The van der Waals surface area contributed by atoms with E-state index in [0.29, 0.717) is 0 Å². The van der Waals surface area contributed by atoms with Gasteiger partial charge in [0.15, 0.2) is 0 Å². The Morgan fingerprint density at radius 3 is 2.25 bits per heavy atom. The minimum atomic E-state index is -1.05. The molecule has 0 radical (unpaired) electrons. The van der Waals surface area contributed by atoms with Crippen LogP contribution < -0.4 is 10.6 Å². The maximum atomic E-state index is 12.2. The van der Waals surface area contributed by atoms with Crippen molar-refractivity contribution in [3.63, 3.8) is 0 Å². The highest BCUT2D eigenvalue weighted by Crippen LogP contribution is 2.24. The van der Waals surface area contributed by atoms with Gasteiger partial charge in [0.05, 0.1) is 6.04 Å². The molecular formula is C19H24N2O3. The van der Waals surface area contributed by atoms with E-state index in [1.807, 2.05) is 49.4 Å². The van der Waals surface area contributed by atoms with Crippen LogP contribution in [0.25, 0.3) is 10.8 Å². The summed E-state index contributed by atoms with van der Waals surface area (Å²) < 4.78 is 0. The van der Waals surface area contributed by atoms with E-state index in [0.717, 1.165) is 16.3 Å². The minimum absolute atomic E-state index is 0.245. The zero-order valence-corrected chi connectivity index (χ0v) is 14.5. The summed E-state index contributed by atoms with van der Waals surface area (Å²) in [5.41, 5.74) is 0.414. The Labute approximate surface area is 142 Å². The lowest BCUT2D eigenvalue weighted by Gasteiger charge is -2.28. The summed E-state index contributed by atoms with van der Waals surface area (Å²) in [7, 11) is 0. The number of nitrogens with one attached hydrogen (secondary N) is 2. The smallest absolute Gasteiger partial charge is 0.326 e. The molecule has 0 saturated carbocycles. The molecule has 2 atom stereocenters. The predicted molar refractivity (Wildman–Crippen MR) is 94.9 cm³/mol. The second kappa shape index (κ2) is 6.91. The number of carbonyl (C=O) groups excluding carboxylic acids is 1. The first-order valence-corrected chi connectivity index (χ1v) is 7.97. The molecule has 0 aliphatic carbocycles. The lowest BCUT2D eigenvalue weighted by molar-refractivity contribution is -0.141. The summed E-state index contributed by atoms with van der Waals surface area (Å²) in [6, 6.07) is 12.2. The number of rotatable bonds is 4. The van der Waals surface area contributed by atoms with E-state index < -0.39 is 23.5 Å². The van der Waals surface area contributed by atoms with Gasteiger partial charge < -0.3 is 15.7 Å². The van der Waals surface area contributed by atoms with Crippen molar-refractivity contribution in [2.45, 2.75) is 39.8 Å². The van der Waals surface area contributed by atoms with Crippen LogP contribution in [0.1, 0.15) is 39.3 Å². The normalized spacial score (nSPS) is 14.0. The van der Waals surface area contributed by atoms with E-state index in [1.54, 1.807) is 20.8 Å². The zero-order valence-electron chi connectivity index (χ0n) is 14.5. The van der Waals surface area contributed by atoms with Gasteiger partial charge >= 0.3 is 12.0 Å². The van der Waals surface area contributed by atoms with Gasteiger partial charge in [-0.15, -0.1) is 0 Å². The Hall–Kier alpha value is -2.56. The molecule has 0 bridgehead atoms. The van der Waals surface area contributed by atoms with Crippen LogP contribution in [-0.4, -0.2) is 23.1 Å². The van der Waals surface area contributed by atoms with E-state index in [1.165, 1.54) is 0 Å². The summed E-state index contributed by atoms with van der Waals surface area (Å²) in [5.74, 6) is -1.05. The van der Waals surface area contributed by atoms with Crippen LogP contribution in [0, 0.1) is 5.41 Å². The first-order valence-electron chi connectivity index (χ1n) is 7.97. The SMILES string of the molecule is C[C@H](NC(=O)N[C@H](C(=O)O)C(C)(C)C)c1cccc2ccccc12. The van der Waals surface area contributed by atoms with Crippen molar-refractivity contribution in [1.29, 1.82) is 0 Å². The molecular weight excluding hydrogens is 304 g/mol. The number of amides is 2. The van der Waals surface area contributed by atoms with Crippen LogP contribution in [-0.2, 0) is 4.79 Å². The van der Waals surface area contributed by atoms with Gasteiger partial charge in [-0.3, -0.25) is 0 Å². The Morgan fingerprint density at radius 1 is 1.00 bits per heavy atom. The number of carbonyl (C=O) groups is 2. The molecule has 2 amide bonds. The molecule has 2 aromatic rings. The fraction of sp³-hybridized carbons (Fsp3) is 0.368. The van der Waals surface area contributed by atoms with Gasteiger partial charge in [0.1, 0.15) is 6.04 Å². The number of carboxylic acid groups (broad SMARTS) is 1. The van der Waals surface area contributed by atoms with Gasteiger partial charge in [-0.25, -0.2) is 9.59 Å². The highest BCUT2D eigenvalue weighted by atomic mass is 16.4. The molecule has 0 aliphatic rings. The van der Waals surface area contributed by atoms with Crippen molar-refractivity contribution in [1.82, 2.24) is 10.6 Å². The van der Waals surface area contributed by atoms with Crippen molar-refractivity contribution in [3.05, 3.63) is 48.0 Å². The summed E-state index contributed by atoms with van der Waals surface area (Å²) in [5, 5.41) is 16.9. The van der Waals surface area contributed by atoms with E-state index in [2.05, 4.69) is 10.6 Å². The third-order valence-electron chi connectivity index (χ3n) is 4.03. The minimum Gasteiger partial charge on any atom is -0.480 e. The van der Waals surface area contributed by atoms with Gasteiger partial charge in [-0.1, -0.05) is 63.2 Å². The maximum Gasteiger partial charge on any atom is 0.326 e. The predicted octanol–water partition coefficient (Wildman–Crippen LogP) is 3.70. The molecule has 0 fully saturated rings. The highest BCUT2D eigenvalue weighted by molar-refractivity contribution is 5.87. The number of hydrogen-bond acceptors (Lipinski definition) is 2. The zero-order chi connectivity index (χ0) is 17.9. The number of urea groups is 1. The van der Waals surface area contributed by atoms with Gasteiger partial charge in [0, 0.05) is 0 Å². The summed E-state index contributed by atoms with van der Waals surface area (Å²) in [6.45, 7) is 7.22. The van der Waals surface area contributed by atoms with Crippen LogP contribution in [0.4, 0.5) is 4.79 Å². The Kier molecular flexibility index (Phi) is 5.12. The van der Waals surface area contributed by atoms with E-state index >= 15 is 0 Å². The van der Waals surface area contributed by atoms with Crippen molar-refractivity contribution in [3.8, 4) is 0 Å². The molecule has 0 spiro atoms. The number of carboxylic acids is 1. The molecule has 5 heteroatoms. The number of benzene rings is 2. The van der Waals surface area contributed by atoms with Crippen LogP contribution in [0.15, 0.2) is 42.5 Å². The van der Waals surface area contributed by atoms with E-state index in [4.69, 9.17) is 0 Å². The topological polar surface area (TPSA) is 78.4 Å². The van der Waals surface area contributed by atoms with Gasteiger partial charge in [-0.2, -0.15) is 0 Å². The molecule has 3 N–H and O–H groups in total. The first kappa shape index (κ1) is 17.8. The Balaban J connectivity index is 2.15. The molecule has 0 unspecified atom stereocenters. The molecule has 0 aromatic heterocycles. The van der Waals surface area contributed by atoms with Gasteiger partial charge in [0.2, 0.25) is 0 Å². The fourth-order valence-electron chi connectivity index (χ4n) is 2.72. The standard InChI is InChI=1S/C19H24N2O3/c1-12(14-11-7-9-13-8-5-6-10-15(13)14)20-18(24)21-16(17(22)23)19(2,3)4/h5-12,16H,1-4H3,(H,22,23)(H2,20,21,24)/t12-,16+/m0/s1. The highest BCUT2D eigenvalue weighted by Gasteiger charge is 2.32. The van der Waals surface area contributed by atoms with Crippen LogP contribution >= 0.6 is 0 Å². The molecule has 5 nitrogen and oxygen atoms in total. The lowest BCUT2D eigenvalue weighted by atomic mass is 9.87. The van der Waals surface area contributed by atoms with Crippen LogP contribution in [0.5, 0.6) is 0 Å². The van der Waals surface area contributed by atoms with Gasteiger partial charge in [-0.05, 0) is 28.7 Å². The molecule has 128 valence electrons. The van der Waals surface area contributed by atoms with E-state index in [-0.39, 0.29) is 6.04 Å². The van der Waals surface area contributed by atoms with Crippen LogP contribution in [0.3, 0.4) is 0 Å². The molecule has 0 aliphatic heterocycles. The lowest BCUT2D eigenvalue weighted by Crippen LogP contribution is -2.52. The Morgan fingerprint density at radius 2 is 1.62 bits per heavy atom. The third-order valence-corrected chi connectivity index (χ3v) is 4.03. The molecule has 24 heavy (non-hydrogen) atoms. The number of hydrogen-bond donors (Lipinski definition) is 3. The van der Waals surface area contributed by atoms with Crippen molar-refractivity contribution in [2.24, 2.45) is 5.41 Å². The second-order valence-corrected chi connectivity index (χ2v) is 7.05. The largest absolute Gasteiger partial charge is 0.480 e. The summed E-state index contributed by atoms with van der Waals surface area (Å²) >= 11 is 0. The second-order valence-electron chi connectivity index (χ2n) is 7.05. The molecule has 0 saturated heterocycles.